The van der Waals surface area contributed by atoms with Crippen LogP contribution in [0.5, 0.6) is 11.5 Å². The van der Waals surface area contributed by atoms with Crippen molar-refractivity contribution in [3.05, 3.63) is 107 Å². The minimum atomic E-state index is 0.228. The van der Waals surface area contributed by atoms with Crippen molar-refractivity contribution < 1.29 is 10.2 Å². The van der Waals surface area contributed by atoms with Crippen LogP contribution in [0.1, 0.15) is 22.3 Å². The van der Waals surface area contributed by atoms with Gasteiger partial charge >= 0.3 is 0 Å². The highest BCUT2D eigenvalue weighted by Gasteiger charge is 2.05. The van der Waals surface area contributed by atoms with Crippen LogP contribution in [0.15, 0.2) is 94.9 Å². The molecule has 4 aromatic rings. The lowest BCUT2D eigenvalue weighted by Crippen LogP contribution is -1.85. The van der Waals surface area contributed by atoms with Crippen molar-refractivity contribution >= 4 is 23.8 Å². The fourth-order valence-corrected chi connectivity index (χ4v) is 3.46. The Morgan fingerprint density at radius 2 is 1.00 bits per heavy atom. The molecule has 0 aliphatic carbocycles. The van der Waals surface area contributed by atoms with E-state index in [2.05, 4.69) is 34.3 Å². The first-order valence-electron chi connectivity index (χ1n) is 10.4. The Morgan fingerprint density at radius 3 is 1.38 bits per heavy atom. The van der Waals surface area contributed by atoms with Gasteiger partial charge in [-0.15, -0.1) is 0 Å². The SMILES string of the molecule is Cc1cc(-c2ccc(N=Cc3cccc(O)c3)c(C)c2)ccc1N=Cc1cccc(O)c1. The van der Waals surface area contributed by atoms with E-state index in [4.69, 9.17) is 0 Å². The zero-order chi connectivity index (χ0) is 22.5. The zero-order valence-electron chi connectivity index (χ0n) is 18.0. The summed E-state index contributed by atoms with van der Waals surface area (Å²) in [5, 5.41) is 19.2. The molecule has 4 nitrogen and oxygen atoms in total. The smallest absolute Gasteiger partial charge is 0.116 e. The molecule has 0 atom stereocenters. The molecular weight excluding hydrogens is 396 g/mol. The zero-order valence-corrected chi connectivity index (χ0v) is 18.0. The monoisotopic (exact) mass is 420 g/mol. The van der Waals surface area contributed by atoms with Gasteiger partial charge < -0.3 is 10.2 Å². The molecule has 4 rings (SSSR count). The van der Waals surface area contributed by atoms with E-state index in [1.807, 2.05) is 38.1 Å². The molecule has 2 N–H and O–H groups in total. The van der Waals surface area contributed by atoms with Gasteiger partial charge in [-0.05, 0) is 95.8 Å². The number of aromatic hydroxyl groups is 2. The molecule has 0 spiro atoms. The molecule has 32 heavy (non-hydrogen) atoms. The van der Waals surface area contributed by atoms with Gasteiger partial charge in [-0.1, -0.05) is 36.4 Å². The summed E-state index contributed by atoms with van der Waals surface area (Å²) in [6, 6.07) is 26.4. The number of aryl methyl sites for hydroxylation is 2. The van der Waals surface area contributed by atoms with E-state index < -0.39 is 0 Å². The highest BCUT2D eigenvalue weighted by Crippen LogP contribution is 2.30. The van der Waals surface area contributed by atoms with Gasteiger partial charge in [0.15, 0.2) is 0 Å². The van der Waals surface area contributed by atoms with Crippen LogP contribution in [0.2, 0.25) is 0 Å². The number of phenolic OH excluding ortho intramolecular Hbond substituents is 2. The van der Waals surface area contributed by atoms with Gasteiger partial charge in [0, 0.05) is 12.4 Å². The Morgan fingerprint density at radius 1 is 0.562 bits per heavy atom. The van der Waals surface area contributed by atoms with Crippen molar-refractivity contribution in [3.63, 3.8) is 0 Å². The molecule has 0 unspecified atom stereocenters. The van der Waals surface area contributed by atoms with Gasteiger partial charge in [-0.3, -0.25) is 9.98 Å². The van der Waals surface area contributed by atoms with Gasteiger partial charge in [-0.25, -0.2) is 0 Å². The number of phenols is 2. The van der Waals surface area contributed by atoms with E-state index in [0.717, 1.165) is 44.8 Å². The molecule has 0 fully saturated rings. The minimum Gasteiger partial charge on any atom is -0.508 e. The quantitative estimate of drug-likeness (QED) is 0.346. The topological polar surface area (TPSA) is 65.2 Å². The van der Waals surface area contributed by atoms with Crippen LogP contribution in [0.3, 0.4) is 0 Å². The van der Waals surface area contributed by atoms with Gasteiger partial charge in [0.2, 0.25) is 0 Å². The van der Waals surface area contributed by atoms with Crippen LogP contribution in [-0.2, 0) is 0 Å². The second kappa shape index (κ2) is 9.31. The summed E-state index contributed by atoms with van der Waals surface area (Å²) in [6.07, 6.45) is 3.51. The predicted molar refractivity (Wildman–Crippen MR) is 132 cm³/mol. The lowest BCUT2D eigenvalue weighted by Gasteiger charge is -2.08. The molecule has 158 valence electrons. The average molecular weight is 421 g/mol. The minimum absolute atomic E-state index is 0.228. The second-order valence-electron chi connectivity index (χ2n) is 7.71. The predicted octanol–water partition coefficient (Wildman–Crippen LogP) is 6.88. The van der Waals surface area contributed by atoms with E-state index >= 15 is 0 Å². The number of hydrogen-bond acceptors (Lipinski definition) is 4. The normalized spacial score (nSPS) is 11.4. The van der Waals surface area contributed by atoms with E-state index in [1.165, 1.54) is 0 Å². The van der Waals surface area contributed by atoms with Crippen molar-refractivity contribution in [1.29, 1.82) is 0 Å². The Kier molecular flexibility index (Phi) is 6.13. The molecule has 0 saturated carbocycles. The van der Waals surface area contributed by atoms with Gasteiger partial charge in [0.25, 0.3) is 0 Å². The third kappa shape index (κ3) is 5.10. The van der Waals surface area contributed by atoms with Crippen LogP contribution >= 0.6 is 0 Å². The summed E-state index contributed by atoms with van der Waals surface area (Å²) >= 11 is 0. The first-order chi connectivity index (χ1) is 15.5. The Balaban J connectivity index is 1.53. The lowest BCUT2D eigenvalue weighted by atomic mass is 10.00. The molecule has 4 heteroatoms. The molecular formula is C28H24N2O2. The van der Waals surface area contributed by atoms with Gasteiger partial charge in [0.1, 0.15) is 11.5 Å². The summed E-state index contributed by atoms with van der Waals surface area (Å²) in [6.45, 7) is 4.08. The molecule has 0 bridgehead atoms. The van der Waals surface area contributed by atoms with E-state index in [-0.39, 0.29) is 11.5 Å². The van der Waals surface area contributed by atoms with Gasteiger partial charge in [0.05, 0.1) is 11.4 Å². The maximum Gasteiger partial charge on any atom is 0.116 e. The average Bonchev–Trinajstić information content (AvgIpc) is 2.77. The molecule has 0 saturated heterocycles. The summed E-state index contributed by atoms with van der Waals surface area (Å²) < 4.78 is 0. The van der Waals surface area contributed by atoms with Crippen molar-refractivity contribution in [2.75, 3.05) is 0 Å². The summed E-state index contributed by atoms with van der Waals surface area (Å²) in [4.78, 5) is 9.14. The summed E-state index contributed by atoms with van der Waals surface area (Å²) in [5.74, 6) is 0.456. The van der Waals surface area contributed by atoms with Crippen LogP contribution < -0.4 is 0 Å². The van der Waals surface area contributed by atoms with E-state index in [0.29, 0.717) is 0 Å². The van der Waals surface area contributed by atoms with Crippen LogP contribution in [0.25, 0.3) is 11.1 Å². The van der Waals surface area contributed by atoms with E-state index in [1.54, 1.807) is 48.8 Å². The number of nitrogens with zero attached hydrogens (tertiary/aromatic N) is 2. The van der Waals surface area contributed by atoms with Crippen LogP contribution in [-0.4, -0.2) is 22.6 Å². The summed E-state index contributed by atoms with van der Waals surface area (Å²) in [7, 11) is 0. The molecule has 0 amide bonds. The first kappa shape index (κ1) is 21.1. The van der Waals surface area contributed by atoms with Crippen molar-refractivity contribution in [2.45, 2.75) is 13.8 Å². The number of rotatable bonds is 5. The largest absolute Gasteiger partial charge is 0.508 e. The number of benzene rings is 4. The van der Waals surface area contributed by atoms with Crippen LogP contribution in [0.4, 0.5) is 11.4 Å². The standard InChI is InChI=1S/C28H24N2O2/c1-19-13-23(9-11-27(19)29-17-21-5-3-7-25(31)15-21)24-10-12-28(20(2)14-24)30-18-22-6-4-8-26(32)16-22/h3-18,31-32H,1-2H3. The maximum absolute atomic E-state index is 9.59. The Hall–Kier alpha value is -4.18. The number of aliphatic imine (C=N–C) groups is 2. The third-order valence-corrected chi connectivity index (χ3v) is 5.17. The highest BCUT2D eigenvalue weighted by molar-refractivity contribution is 5.84. The molecule has 0 aromatic heterocycles. The summed E-state index contributed by atoms with van der Waals surface area (Å²) in [5.41, 5.74) is 7.86. The molecule has 0 aliphatic rings. The van der Waals surface area contributed by atoms with Crippen molar-refractivity contribution in [1.82, 2.24) is 0 Å². The van der Waals surface area contributed by atoms with E-state index in [9.17, 15) is 10.2 Å². The highest BCUT2D eigenvalue weighted by atomic mass is 16.3. The fraction of sp³-hybridized carbons (Fsp3) is 0.0714. The van der Waals surface area contributed by atoms with Crippen LogP contribution in [0, 0.1) is 13.8 Å². The molecule has 4 aromatic carbocycles. The first-order valence-corrected chi connectivity index (χ1v) is 10.4. The molecule has 0 heterocycles. The lowest BCUT2D eigenvalue weighted by molar-refractivity contribution is 0.474. The van der Waals surface area contributed by atoms with Gasteiger partial charge in [-0.2, -0.15) is 0 Å². The van der Waals surface area contributed by atoms with Crippen molar-refractivity contribution in [2.24, 2.45) is 9.98 Å². The molecule has 0 radical (unpaired) electrons. The third-order valence-electron chi connectivity index (χ3n) is 5.17. The fourth-order valence-electron chi connectivity index (χ4n) is 3.46. The maximum atomic E-state index is 9.59. The molecule has 0 aliphatic heterocycles. The second-order valence-corrected chi connectivity index (χ2v) is 7.71. The Labute approximate surface area is 187 Å². The van der Waals surface area contributed by atoms with Crippen molar-refractivity contribution in [3.8, 4) is 22.6 Å². The Bertz CT molecular complexity index is 1220. The number of hydrogen-bond donors (Lipinski definition) is 2.